The summed E-state index contributed by atoms with van der Waals surface area (Å²) in [5.41, 5.74) is 0.333. The molecular weight excluding hydrogens is 344 g/mol. The Morgan fingerprint density at radius 1 is 1.41 bits per heavy atom. The summed E-state index contributed by atoms with van der Waals surface area (Å²) in [7, 11) is 1.93. The Morgan fingerprint density at radius 3 is 2.93 bits per heavy atom. The summed E-state index contributed by atoms with van der Waals surface area (Å²) in [4.78, 5) is 34.7. The van der Waals surface area contributed by atoms with E-state index in [1.54, 1.807) is 23.4 Å². The van der Waals surface area contributed by atoms with Crippen molar-refractivity contribution in [2.24, 2.45) is 18.4 Å². The highest BCUT2D eigenvalue weighted by Crippen LogP contribution is 2.50. The van der Waals surface area contributed by atoms with E-state index >= 15 is 0 Å². The van der Waals surface area contributed by atoms with Crippen LogP contribution in [0.4, 0.5) is 0 Å². The maximum absolute atomic E-state index is 13.5. The molecule has 7 nitrogen and oxygen atoms in total. The van der Waals surface area contributed by atoms with Crippen molar-refractivity contribution in [2.75, 3.05) is 26.2 Å². The fourth-order valence-electron chi connectivity index (χ4n) is 4.72. The molecule has 3 fully saturated rings. The van der Waals surface area contributed by atoms with Crippen molar-refractivity contribution in [3.05, 3.63) is 42.4 Å². The third-order valence-electron chi connectivity index (χ3n) is 6.36. The fourth-order valence-corrected chi connectivity index (χ4v) is 4.72. The number of aromatic nitrogens is 2. The quantitative estimate of drug-likeness (QED) is 0.826. The molecule has 0 bridgehead atoms. The lowest BCUT2D eigenvalue weighted by Gasteiger charge is -2.27. The number of rotatable bonds is 4. The van der Waals surface area contributed by atoms with Crippen molar-refractivity contribution in [1.82, 2.24) is 19.4 Å². The fraction of sp³-hybridized carbons (Fsp3) is 0.550. The number of imidazole rings is 1. The Morgan fingerprint density at radius 2 is 2.26 bits per heavy atom. The highest BCUT2D eigenvalue weighted by molar-refractivity contribution is 5.94. The lowest BCUT2D eigenvalue weighted by Crippen LogP contribution is -2.41. The second-order valence-corrected chi connectivity index (χ2v) is 8.28. The molecule has 4 heterocycles. The van der Waals surface area contributed by atoms with Crippen LogP contribution in [0.1, 0.15) is 41.4 Å². The lowest BCUT2D eigenvalue weighted by atomic mass is 9.75. The molecule has 142 valence electrons. The molecule has 7 heteroatoms. The molecule has 27 heavy (non-hydrogen) atoms. The van der Waals surface area contributed by atoms with Crippen LogP contribution in [-0.4, -0.2) is 57.3 Å². The van der Waals surface area contributed by atoms with Crippen LogP contribution in [0.3, 0.4) is 0 Å². The van der Waals surface area contributed by atoms with Gasteiger partial charge in [0.15, 0.2) is 5.76 Å². The molecule has 2 unspecified atom stereocenters. The van der Waals surface area contributed by atoms with Crippen molar-refractivity contribution in [1.29, 1.82) is 0 Å². The monoisotopic (exact) mass is 368 g/mol. The molecule has 3 aliphatic rings. The van der Waals surface area contributed by atoms with Gasteiger partial charge in [-0.25, -0.2) is 4.98 Å². The van der Waals surface area contributed by atoms with E-state index in [-0.39, 0.29) is 17.7 Å². The Labute approximate surface area is 157 Å². The highest BCUT2D eigenvalue weighted by Gasteiger charge is 2.59. The average Bonchev–Trinajstić information content (AvgIpc) is 3.06. The molecule has 2 atom stereocenters. The molecule has 0 radical (unpaired) electrons. The molecule has 0 N–H and O–H groups in total. The number of carbonyl (C=O) groups excluding carboxylic acids is 2. The van der Waals surface area contributed by atoms with E-state index in [0.29, 0.717) is 24.8 Å². The summed E-state index contributed by atoms with van der Waals surface area (Å²) in [6.45, 7) is 2.58. The molecule has 0 aromatic carbocycles. The first-order chi connectivity index (χ1) is 13.1. The van der Waals surface area contributed by atoms with Gasteiger partial charge >= 0.3 is 0 Å². The van der Waals surface area contributed by atoms with Gasteiger partial charge in [-0.2, -0.15) is 0 Å². The molecule has 1 spiro atoms. The zero-order valence-electron chi connectivity index (χ0n) is 15.5. The van der Waals surface area contributed by atoms with E-state index in [0.717, 1.165) is 25.2 Å². The van der Waals surface area contributed by atoms with E-state index in [4.69, 9.17) is 4.42 Å². The lowest BCUT2D eigenvalue weighted by molar-refractivity contribution is -0.136. The third-order valence-corrected chi connectivity index (χ3v) is 6.36. The maximum Gasteiger partial charge on any atom is 0.289 e. The normalized spacial score (nSPS) is 27.9. The molecule has 2 aliphatic heterocycles. The number of likely N-dealkylation sites (tertiary alicyclic amines) is 2. The summed E-state index contributed by atoms with van der Waals surface area (Å²) < 4.78 is 7.21. The van der Waals surface area contributed by atoms with Crippen molar-refractivity contribution in [2.45, 2.75) is 25.2 Å². The van der Waals surface area contributed by atoms with Gasteiger partial charge in [-0.1, -0.05) is 0 Å². The summed E-state index contributed by atoms with van der Waals surface area (Å²) in [5, 5.41) is 0. The van der Waals surface area contributed by atoms with E-state index in [2.05, 4.69) is 4.98 Å². The van der Waals surface area contributed by atoms with Gasteiger partial charge in [-0.3, -0.25) is 9.59 Å². The predicted octanol–water partition coefficient (Wildman–Crippen LogP) is 1.88. The Kier molecular flexibility index (Phi) is 3.67. The maximum atomic E-state index is 13.5. The van der Waals surface area contributed by atoms with Gasteiger partial charge in [0.2, 0.25) is 5.91 Å². The number of aryl methyl sites for hydroxylation is 1. The minimum Gasteiger partial charge on any atom is -0.459 e. The topological polar surface area (TPSA) is 71.6 Å². The second kappa shape index (κ2) is 5.97. The predicted molar refractivity (Wildman–Crippen MR) is 96.9 cm³/mol. The van der Waals surface area contributed by atoms with Crippen molar-refractivity contribution >= 4 is 11.8 Å². The van der Waals surface area contributed by atoms with E-state index in [1.807, 2.05) is 22.7 Å². The van der Waals surface area contributed by atoms with Gasteiger partial charge < -0.3 is 18.8 Å². The number of hydrogen-bond donors (Lipinski definition) is 0. The van der Waals surface area contributed by atoms with E-state index in [1.165, 1.54) is 19.1 Å². The summed E-state index contributed by atoms with van der Waals surface area (Å²) >= 11 is 0. The summed E-state index contributed by atoms with van der Waals surface area (Å²) in [6, 6.07) is 3.40. The molecule has 2 aromatic rings. The van der Waals surface area contributed by atoms with Gasteiger partial charge in [0.05, 0.1) is 23.7 Å². The van der Waals surface area contributed by atoms with Gasteiger partial charge in [0.25, 0.3) is 5.91 Å². The number of furan rings is 1. The van der Waals surface area contributed by atoms with Gasteiger partial charge in [-0.05, 0) is 37.3 Å². The van der Waals surface area contributed by atoms with Crippen molar-refractivity contribution in [3.8, 4) is 0 Å². The van der Waals surface area contributed by atoms with E-state index in [9.17, 15) is 9.59 Å². The molecule has 1 aliphatic carbocycles. The minimum absolute atomic E-state index is 0.0747. The Balaban J connectivity index is 1.47. The summed E-state index contributed by atoms with van der Waals surface area (Å²) in [5.74, 6) is 0.965. The number of carbonyl (C=O) groups is 2. The molecule has 2 aromatic heterocycles. The molecule has 2 saturated heterocycles. The summed E-state index contributed by atoms with van der Waals surface area (Å²) in [6.07, 6.45) is 8.48. The zero-order chi connectivity index (χ0) is 18.6. The van der Waals surface area contributed by atoms with Crippen LogP contribution < -0.4 is 0 Å². The van der Waals surface area contributed by atoms with Crippen LogP contribution in [0.2, 0.25) is 0 Å². The Bertz CT molecular complexity index is 870. The van der Waals surface area contributed by atoms with Gasteiger partial charge in [0, 0.05) is 45.3 Å². The standard InChI is InChI=1S/C20H24N4O3/c1-22-11-16(21-13-22)15-10-24(18(25)17-3-2-8-27-17)12-20(15)6-7-23(19(20)26)9-14-4-5-14/h2-3,8,11,13-15H,4-7,9-10,12H2,1H3. The zero-order valence-corrected chi connectivity index (χ0v) is 15.5. The van der Waals surface area contributed by atoms with Crippen LogP contribution in [0.15, 0.2) is 35.3 Å². The van der Waals surface area contributed by atoms with Gasteiger partial charge in [-0.15, -0.1) is 0 Å². The molecular formula is C20H24N4O3. The number of amides is 2. The number of nitrogens with zero attached hydrogens (tertiary/aromatic N) is 4. The van der Waals surface area contributed by atoms with Crippen molar-refractivity contribution in [3.63, 3.8) is 0 Å². The molecule has 5 rings (SSSR count). The first-order valence-corrected chi connectivity index (χ1v) is 9.67. The Hall–Kier alpha value is -2.57. The highest BCUT2D eigenvalue weighted by atomic mass is 16.3. The first kappa shape index (κ1) is 16.6. The largest absolute Gasteiger partial charge is 0.459 e. The smallest absolute Gasteiger partial charge is 0.289 e. The molecule has 2 amide bonds. The first-order valence-electron chi connectivity index (χ1n) is 9.67. The average molecular weight is 368 g/mol. The number of hydrogen-bond acceptors (Lipinski definition) is 4. The van der Waals surface area contributed by atoms with Gasteiger partial charge in [0.1, 0.15) is 0 Å². The van der Waals surface area contributed by atoms with Crippen molar-refractivity contribution < 1.29 is 14.0 Å². The minimum atomic E-state index is -0.564. The molecule has 1 saturated carbocycles. The van der Waals surface area contributed by atoms with Crippen LogP contribution in [0.5, 0.6) is 0 Å². The van der Waals surface area contributed by atoms with Crippen LogP contribution in [0.25, 0.3) is 0 Å². The third kappa shape index (κ3) is 2.67. The van der Waals surface area contributed by atoms with E-state index < -0.39 is 5.41 Å². The SMILES string of the molecule is Cn1cnc(C2CN(C(=O)c3ccco3)CC23CCN(CC2CC2)C3=O)c1. The van der Waals surface area contributed by atoms with Crippen LogP contribution >= 0.6 is 0 Å². The second-order valence-electron chi connectivity index (χ2n) is 8.28. The van der Waals surface area contributed by atoms with Crippen LogP contribution in [-0.2, 0) is 11.8 Å². The van der Waals surface area contributed by atoms with Crippen LogP contribution in [0, 0.1) is 11.3 Å².